The lowest BCUT2D eigenvalue weighted by atomic mass is 9.94. The molecule has 0 saturated heterocycles. The van der Waals surface area contributed by atoms with Crippen LogP contribution in [0.1, 0.15) is 0 Å². The van der Waals surface area contributed by atoms with Crippen LogP contribution in [0.5, 0.6) is 0 Å². The Hall–Kier alpha value is -2.64. The standard InChI is InChI=1S/C24H15Br/c25-24-22-10-4-3-8-18(22)15-20-9-5-11-21(23(20)24)19-13-12-16-6-1-2-7-17(16)14-19/h1-15H. The summed E-state index contributed by atoms with van der Waals surface area (Å²) in [5, 5.41) is 7.60. The Kier molecular flexibility index (Phi) is 3.36. The minimum Gasteiger partial charge on any atom is -0.0616 e. The van der Waals surface area contributed by atoms with E-state index in [1.165, 1.54) is 47.9 Å². The van der Waals surface area contributed by atoms with Crippen LogP contribution in [0.3, 0.4) is 0 Å². The average molecular weight is 383 g/mol. The second kappa shape index (κ2) is 5.72. The zero-order chi connectivity index (χ0) is 16.8. The molecule has 5 rings (SSSR count). The lowest BCUT2D eigenvalue weighted by molar-refractivity contribution is 1.68. The Morgan fingerprint density at radius 1 is 0.520 bits per heavy atom. The smallest absolute Gasteiger partial charge is 0.0338 e. The lowest BCUT2D eigenvalue weighted by Crippen LogP contribution is -1.85. The van der Waals surface area contributed by atoms with Gasteiger partial charge in [-0.25, -0.2) is 0 Å². The molecule has 25 heavy (non-hydrogen) atoms. The van der Waals surface area contributed by atoms with Crippen molar-refractivity contribution in [3.8, 4) is 11.1 Å². The van der Waals surface area contributed by atoms with Crippen molar-refractivity contribution in [1.82, 2.24) is 0 Å². The Balaban J connectivity index is 1.87. The van der Waals surface area contributed by atoms with Gasteiger partial charge < -0.3 is 0 Å². The fourth-order valence-corrected chi connectivity index (χ4v) is 4.46. The number of fused-ring (bicyclic) bond motifs is 3. The highest BCUT2D eigenvalue weighted by Crippen LogP contribution is 2.39. The summed E-state index contributed by atoms with van der Waals surface area (Å²) in [6.07, 6.45) is 0. The number of hydrogen-bond acceptors (Lipinski definition) is 0. The highest BCUT2D eigenvalue weighted by molar-refractivity contribution is 9.10. The van der Waals surface area contributed by atoms with Crippen LogP contribution in [0.2, 0.25) is 0 Å². The molecule has 1 heteroatoms. The van der Waals surface area contributed by atoms with Crippen molar-refractivity contribution in [2.75, 3.05) is 0 Å². The summed E-state index contributed by atoms with van der Waals surface area (Å²) in [7, 11) is 0. The van der Waals surface area contributed by atoms with Gasteiger partial charge in [-0.05, 0) is 66.1 Å². The Morgan fingerprint density at radius 3 is 2.12 bits per heavy atom. The molecule has 0 nitrogen and oxygen atoms in total. The maximum absolute atomic E-state index is 3.88. The van der Waals surface area contributed by atoms with Crippen molar-refractivity contribution >= 4 is 48.2 Å². The maximum atomic E-state index is 3.88. The molecule has 5 aromatic rings. The van der Waals surface area contributed by atoms with E-state index in [4.69, 9.17) is 0 Å². The van der Waals surface area contributed by atoms with Gasteiger partial charge in [-0.1, -0.05) is 78.9 Å². The summed E-state index contributed by atoms with van der Waals surface area (Å²) in [5.41, 5.74) is 2.51. The van der Waals surface area contributed by atoms with Crippen LogP contribution in [-0.4, -0.2) is 0 Å². The van der Waals surface area contributed by atoms with E-state index in [-0.39, 0.29) is 0 Å². The molecule has 0 radical (unpaired) electrons. The van der Waals surface area contributed by atoms with Gasteiger partial charge in [0.1, 0.15) is 0 Å². The molecule has 118 valence electrons. The molecular formula is C24H15Br. The molecule has 0 aliphatic rings. The third-order valence-corrected chi connectivity index (χ3v) is 5.71. The van der Waals surface area contributed by atoms with E-state index < -0.39 is 0 Å². The number of rotatable bonds is 1. The van der Waals surface area contributed by atoms with E-state index in [1.807, 2.05) is 0 Å². The molecule has 0 atom stereocenters. The van der Waals surface area contributed by atoms with Crippen LogP contribution < -0.4 is 0 Å². The van der Waals surface area contributed by atoms with Crippen molar-refractivity contribution in [2.45, 2.75) is 0 Å². The fraction of sp³-hybridized carbons (Fsp3) is 0. The predicted octanol–water partition coefficient (Wildman–Crippen LogP) is 7.58. The Labute approximate surface area is 154 Å². The second-order valence-corrected chi connectivity index (χ2v) is 7.17. The molecule has 0 aromatic heterocycles. The molecule has 0 fully saturated rings. The normalized spacial score (nSPS) is 11.4. The van der Waals surface area contributed by atoms with Crippen molar-refractivity contribution in [1.29, 1.82) is 0 Å². The minimum atomic E-state index is 1.17. The number of benzene rings is 5. The third-order valence-electron chi connectivity index (χ3n) is 4.88. The number of halogens is 1. The summed E-state index contributed by atoms with van der Waals surface area (Å²) in [6.45, 7) is 0. The zero-order valence-electron chi connectivity index (χ0n) is 13.5. The topological polar surface area (TPSA) is 0 Å². The molecule has 0 amide bonds. The summed E-state index contributed by atoms with van der Waals surface area (Å²) in [5.74, 6) is 0. The van der Waals surface area contributed by atoms with E-state index in [0.29, 0.717) is 0 Å². The van der Waals surface area contributed by atoms with E-state index in [1.54, 1.807) is 0 Å². The quantitative estimate of drug-likeness (QED) is 0.262. The van der Waals surface area contributed by atoms with E-state index in [2.05, 4.69) is 107 Å². The van der Waals surface area contributed by atoms with Crippen molar-refractivity contribution in [3.05, 3.63) is 95.5 Å². The van der Waals surface area contributed by atoms with Crippen LogP contribution in [-0.2, 0) is 0 Å². The van der Waals surface area contributed by atoms with Crippen LogP contribution in [0.15, 0.2) is 95.5 Å². The van der Waals surface area contributed by atoms with Gasteiger partial charge in [0.2, 0.25) is 0 Å². The van der Waals surface area contributed by atoms with Crippen molar-refractivity contribution in [3.63, 3.8) is 0 Å². The van der Waals surface area contributed by atoms with E-state index in [0.717, 1.165) is 0 Å². The largest absolute Gasteiger partial charge is 0.0616 e. The van der Waals surface area contributed by atoms with Gasteiger partial charge in [-0.2, -0.15) is 0 Å². The minimum absolute atomic E-state index is 1.17. The van der Waals surface area contributed by atoms with Gasteiger partial charge in [-0.15, -0.1) is 0 Å². The molecule has 0 spiro atoms. The first-order chi connectivity index (χ1) is 12.3. The second-order valence-electron chi connectivity index (χ2n) is 6.38. The third kappa shape index (κ3) is 2.35. The fourth-order valence-electron chi connectivity index (χ4n) is 3.66. The lowest BCUT2D eigenvalue weighted by Gasteiger charge is -2.12. The van der Waals surface area contributed by atoms with Gasteiger partial charge in [0, 0.05) is 9.86 Å². The monoisotopic (exact) mass is 382 g/mol. The molecule has 0 bridgehead atoms. The van der Waals surface area contributed by atoms with E-state index >= 15 is 0 Å². The van der Waals surface area contributed by atoms with Crippen LogP contribution in [0.4, 0.5) is 0 Å². The highest BCUT2D eigenvalue weighted by atomic mass is 79.9. The summed E-state index contributed by atoms with van der Waals surface area (Å²) in [4.78, 5) is 0. The summed E-state index contributed by atoms with van der Waals surface area (Å²) in [6, 6.07) is 32.6. The predicted molar refractivity (Wildman–Crippen MR) is 112 cm³/mol. The molecule has 0 heterocycles. The molecule has 5 aromatic carbocycles. The highest BCUT2D eigenvalue weighted by Gasteiger charge is 2.11. The van der Waals surface area contributed by atoms with Gasteiger partial charge in [0.05, 0.1) is 0 Å². The van der Waals surface area contributed by atoms with E-state index in [9.17, 15) is 0 Å². The Bertz CT molecular complexity index is 1250. The van der Waals surface area contributed by atoms with Gasteiger partial charge >= 0.3 is 0 Å². The molecule has 0 unspecified atom stereocenters. The van der Waals surface area contributed by atoms with Crippen LogP contribution in [0.25, 0.3) is 43.4 Å². The van der Waals surface area contributed by atoms with Crippen LogP contribution >= 0.6 is 15.9 Å². The summed E-state index contributed by atoms with van der Waals surface area (Å²) >= 11 is 3.88. The Morgan fingerprint density at radius 2 is 1.24 bits per heavy atom. The average Bonchev–Trinajstić information content (AvgIpc) is 2.67. The van der Waals surface area contributed by atoms with Crippen molar-refractivity contribution in [2.24, 2.45) is 0 Å². The maximum Gasteiger partial charge on any atom is 0.0338 e. The molecule has 0 N–H and O–H groups in total. The summed E-state index contributed by atoms with van der Waals surface area (Å²) < 4.78 is 1.17. The van der Waals surface area contributed by atoms with Gasteiger partial charge in [-0.3, -0.25) is 0 Å². The first kappa shape index (κ1) is 14.7. The van der Waals surface area contributed by atoms with Gasteiger partial charge in [0.25, 0.3) is 0 Å². The first-order valence-corrected chi connectivity index (χ1v) is 9.20. The molecule has 0 aliphatic carbocycles. The van der Waals surface area contributed by atoms with Crippen molar-refractivity contribution < 1.29 is 0 Å². The number of hydrogen-bond donors (Lipinski definition) is 0. The molecule has 0 saturated carbocycles. The zero-order valence-corrected chi connectivity index (χ0v) is 15.1. The molecule has 0 aliphatic heterocycles. The van der Waals surface area contributed by atoms with Gasteiger partial charge in [0.15, 0.2) is 0 Å². The first-order valence-electron chi connectivity index (χ1n) is 8.40. The molecular weight excluding hydrogens is 368 g/mol. The SMILES string of the molecule is Brc1c2ccccc2cc2cccc(-c3ccc4ccccc4c3)c12. The van der Waals surface area contributed by atoms with Crippen LogP contribution in [0, 0.1) is 0 Å².